The fraction of sp³-hybridized carbons (Fsp3) is 0.636. The number of hydrogen-bond acceptors (Lipinski definition) is 4. The number of imide groups is 1. The van der Waals surface area contributed by atoms with Crippen molar-refractivity contribution in [1.82, 2.24) is 15.5 Å². The lowest BCUT2D eigenvalue weighted by molar-refractivity contribution is -0.148. The first-order valence-corrected chi connectivity index (χ1v) is 5.98. The summed E-state index contributed by atoms with van der Waals surface area (Å²) < 4.78 is 0. The predicted octanol–water partition coefficient (Wildman–Crippen LogP) is -0.950. The fourth-order valence-corrected chi connectivity index (χ4v) is 2.20. The molecule has 2 rings (SSSR count). The first-order valence-electron chi connectivity index (χ1n) is 5.98. The Hall–Kier alpha value is -2.12. The summed E-state index contributed by atoms with van der Waals surface area (Å²) in [6.45, 7) is 0. The van der Waals surface area contributed by atoms with Crippen LogP contribution in [-0.4, -0.2) is 52.4 Å². The summed E-state index contributed by atoms with van der Waals surface area (Å²) in [5.41, 5.74) is -1.23. The van der Waals surface area contributed by atoms with E-state index in [1.165, 1.54) is 7.05 Å². The molecule has 0 aromatic heterocycles. The molecule has 2 aliphatic rings. The number of urea groups is 1. The van der Waals surface area contributed by atoms with E-state index in [-0.39, 0.29) is 12.3 Å². The number of aliphatic carboxylic acids is 1. The second kappa shape index (κ2) is 4.52. The van der Waals surface area contributed by atoms with Crippen molar-refractivity contribution in [3.8, 4) is 0 Å². The molecule has 1 heterocycles. The maximum atomic E-state index is 11.7. The lowest BCUT2D eigenvalue weighted by Gasteiger charge is -2.38. The Labute approximate surface area is 109 Å². The molecule has 0 bridgehead atoms. The molecule has 0 aromatic rings. The quantitative estimate of drug-likeness (QED) is 0.571. The van der Waals surface area contributed by atoms with Gasteiger partial charge >= 0.3 is 12.0 Å². The maximum Gasteiger partial charge on any atom is 0.329 e. The topological polar surface area (TPSA) is 116 Å². The number of carbonyl (C=O) groups is 4. The number of carbonyl (C=O) groups excluding carboxylic acids is 3. The summed E-state index contributed by atoms with van der Waals surface area (Å²) in [5.74, 6) is -1.94. The molecule has 1 aliphatic heterocycles. The van der Waals surface area contributed by atoms with Crippen molar-refractivity contribution in [1.29, 1.82) is 0 Å². The average Bonchev–Trinajstić information content (AvgIpc) is 2.51. The number of nitrogens with zero attached hydrogens (tertiary/aromatic N) is 1. The highest BCUT2D eigenvalue weighted by Gasteiger charge is 2.46. The van der Waals surface area contributed by atoms with E-state index in [0.29, 0.717) is 12.8 Å². The Morgan fingerprint density at radius 2 is 2.00 bits per heavy atom. The van der Waals surface area contributed by atoms with Crippen molar-refractivity contribution >= 4 is 23.8 Å². The van der Waals surface area contributed by atoms with Crippen LogP contribution in [0.5, 0.6) is 0 Å². The Morgan fingerprint density at radius 1 is 1.37 bits per heavy atom. The van der Waals surface area contributed by atoms with Crippen LogP contribution in [0, 0.1) is 0 Å². The summed E-state index contributed by atoms with van der Waals surface area (Å²) in [5, 5.41) is 13.8. The van der Waals surface area contributed by atoms with Crippen LogP contribution in [0.25, 0.3) is 0 Å². The highest BCUT2D eigenvalue weighted by Crippen LogP contribution is 2.31. The van der Waals surface area contributed by atoms with Crippen molar-refractivity contribution < 1.29 is 24.3 Å². The SMILES string of the molecule is CN1C(=O)CC(NC(=O)NC2(C(=O)O)CCC2)C1=O. The van der Waals surface area contributed by atoms with E-state index in [2.05, 4.69) is 10.6 Å². The molecule has 1 saturated carbocycles. The van der Waals surface area contributed by atoms with Gasteiger partial charge in [-0.05, 0) is 19.3 Å². The van der Waals surface area contributed by atoms with Gasteiger partial charge in [0.2, 0.25) is 5.91 Å². The molecule has 8 nitrogen and oxygen atoms in total. The molecule has 19 heavy (non-hydrogen) atoms. The lowest BCUT2D eigenvalue weighted by atomic mass is 9.77. The van der Waals surface area contributed by atoms with Crippen molar-refractivity contribution in [2.24, 2.45) is 0 Å². The van der Waals surface area contributed by atoms with Crippen LogP contribution >= 0.6 is 0 Å². The van der Waals surface area contributed by atoms with Gasteiger partial charge in [-0.2, -0.15) is 0 Å². The minimum Gasteiger partial charge on any atom is -0.480 e. The summed E-state index contributed by atoms with van der Waals surface area (Å²) in [6, 6.07) is -1.65. The van der Waals surface area contributed by atoms with Gasteiger partial charge in [-0.15, -0.1) is 0 Å². The molecule has 104 valence electrons. The van der Waals surface area contributed by atoms with E-state index in [1.807, 2.05) is 0 Å². The highest BCUT2D eigenvalue weighted by atomic mass is 16.4. The zero-order chi connectivity index (χ0) is 14.2. The number of carboxylic acid groups (broad SMARTS) is 1. The average molecular weight is 269 g/mol. The molecule has 4 amide bonds. The van der Waals surface area contributed by atoms with Gasteiger partial charge in [-0.3, -0.25) is 14.5 Å². The number of amides is 4. The van der Waals surface area contributed by atoms with E-state index in [4.69, 9.17) is 5.11 Å². The Balaban J connectivity index is 1.94. The van der Waals surface area contributed by atoms with Gasteiger partial charge in [0, 0.05) is 7.05 Å². The first kappa shape index (κ1) is 13.3. The number of likely N-dealkylation sites (N-methyl/N-ethyl adjacent to an activating group) is 1. The smallest absolute Gasteiger partial charge is 0.329 e. The molecule has 0 aromatic carbocycles. The number of nitrogens with one attached hydrogen (secondary N) is 2. The number of rotatable bonds is 3. The third-order valence-corrected chi connectivity index (χ3v) is 3.66. The van der Waals surface area contributed by atoms with E-state index in [1.54, 1.807) is 0 Å². The van der Waals surface area contributed by atoms with Gasteiger partial charge in [0.1, 0.15) is 11.6 Å². The summed E-state index contributed by atoms with van der Waals surface area (Å²) in [4.78, 5) is 46.6. The van der Waals surface area contributed by atoms with Gasteiger partial charge in [-0.1, -0.05) is 0 Å². The first-order chi connectivity index (χ1) is 8.85. The van der Waals surface area contributed by atoms with E-state index < -0.39 is 29.5 Å². The van der Waals surface area contributed by atoms with Crippen molar-refractivity contribution in [2.75, 3.05) is 7.05 Å². The molecule has 1 unspecified atom stereocenters. The lowest BCUT2D eigenvalue weighted by Crippen LogP contribution is -2.62. The number of carboxylic acids is 1. The monoisotopic (exact) mass is 269 g/mol. The van der Waals surface area contributed by atoms with Crippen LogP contribution in [-0.2, 0) is 14.4 Å². The molecule has 1 aliphatic carbocycles. The molecule has 1 saturated heterocycles. The third-order valence-electron chi connectivity index (χ3n) is 3.66. The van der Waals surface area contributed by atoms with Gasteiger partial charge in [-0.25, -0.2) is 9.59 Å². The summed E-state index contributed by atoms with van der Waals surface area (Å²) in [6.07, 6.45) is 1.37. The highest BCUT2D eigenvalue weighted by molar-refractivity contribution is 6.06. The molecule has 0 radical (unpaired) electrons. The van der Waals surface area contributed by atoms with Crippen molar-refractivity contribution in [3.63, 3.8) is 0 Å². The standard InChI is InChI=1S/C11H15N3O5/c1-14-7(15)5-6(8(14)16)12-10(19)13-11(9(17)18)3-2-4-11/h6H,2-5H2,1H3,(H,17,18)(H2,12,13,19). The Kier molecular flexibility index (Phi) is 3.17. The minimum absolute atomic E-state index is 0.0944. The number of likely N-dealkylation sites (tertiary alicyclic amines) is 1. The predicted molar refractivity (Wildman–Crippen MR) is 62.1 cm³/mol. The van der Waals surface area contributed by atoms with Crippen LogP contribution in [0.3, 0.4) is 0 Å². The van der Waals surface area contributed by atoms with E-state index >= 15 is 0 Å². The Morgan fingerprint density at radius 3 is 2.37 bits per heavy atom. The van der Waals surface area contributed by atoms with Gasteiger partial charge in [0.25, 0.3) is 5.91 Å². The summed E-state index contributed by atoms with van der Waals surface area (Å²) in [7, 11) is 1.34. The number of hydrogen-bond donors (Lipinski definition) is 3. The second-order valence-corrected chi connectivity index (χ2v) is 4.89. The van der Waals surface area contributed by atoms with Gasteiger partial charge < -0.3 is 15.7 Å². The normalized spacial score (nSPS) is 24.9. The van der Waals surface area contributed by atoms with Crippen LogP contribution < -0.4 is 10.6 Å². The third kappa shape index (κ3) is 2.25. The van der Waals surface area contributed by atoms with Crippen LogP contribution in [0.2, 0.25) is 0 Å². The molecular weight excluding hydrogens is 254 g/mol. The van der Waals surface area contributed by atoms with Crippen LogP contribution in [0.1, 0.15) is 25.7 Å². The van der Waals surface area contributed by atoms with Crippen LogP contribution in [0.4, 0.5) is 4.79 Å². The van der Waals surface area contributed by atoms with Gasteiger partial charge in [0.05, 0.1) is 6.42 Å². The van der Waals surface area contributed by atoms with E-state index in [0.717, 1.165) is 11.3 Å². The maximum absolute atomic E-state index is 11.7. The molecule has 3 N–H and O–H groups in total. The van der Waals surface area contributed by atoms with Crippen molar-refractivity contribution in [2.45, 2.75) is 37.3 Å². The van der Waals surface area contributed by atoms with E-state index in [9.17, 15) is 19.2 Å². The molecule has 1 atom stereocenters. The molecule has 2 fully saturated rings. The molecule has 0 spiro atoms. The minimum atomic E-state index is -1.23. The van der Waals surface area contributed by atoms with Gasteiger partial charge in [0.15, 0.2) is 0 Å². The fourth-order valence-electron chi connectivity index (χ4n) is 2.20. The zero-order valence-electron chi connectivity index (χ0n) is 10.4. The largest absolute Gasteiger partial charge is 0.480 e. The Bertz CT molecular complexity index is 457. The van der Waals surface area contributed by atoms with Crippen molar-refractivity contribution in [3.05, 3.63) is 0 Å². The molecular formula is C11H15N3O5. The molecule has 8 heteroatoms. The summed E-state index contributed by atoms with van der Waals surface area (Å²) >= 11 is 0. The zero-order valence-corrected chi connectivity index (χ0v) is 10.4. The second-order valence-electron chi connectivity index (χ2n) is 4.89. The van der Waals surface area contributed by atoms with Crippen LogP contribution in [0.15, 0.2) is 0 Å².